The molecule has 1 aliphatic rings. The van der Waals surface area contributed by atoms with Crippen LogP contribution in [-0.2, 0) is 15.8 Å². The fourth-order valence-corrected chi connectivity index (χ4v) is 2.72. The van der Waals surface area contributed by atoms with Gasteiger partial charge in [-0.3, -0.25) is 0 Å². The highest BCUT2D eigenvalue weighted by molar-refractivity contribution is 7.88. The second-order valence-corrected chi connectivity index (χ2v) is 4.81. The Bertz CT molecular complexity index is 345. The predicted octanol–water partition coefficient (Wildman–Crippen LogP) is 2.19. The van der Waals surface area contributed by atoms with Crippen LogP contribution in [0.1, 0.15) is 18.9 Å². The van der Waals surface area contributed by atoms with Gasteiger partial charge < -0.3 is 4.55 Å². The van der Waals surface area contributed by atoms with Crippen LogP contribution in [0.3, 0.4) is 0 Å². The van der Waals surface area contributed by atoms with Crippen molar-refractivity contribution in [1.29, 1.82) is 0 Å². The Hall–Kier alpha value is -0.710. The van der Waals surface area contributed by atoms with Gasteiger partial charge in [-0.25, -0.2) is 0 Å². The number of benzene rings is 1. The molecule has 1 aromatic rings. The predicted molar refractivity (Wildman–Crippen MR) is 61.8 cm³/mol. The summed E-state index contributed by atoms with van der Waals surface area (Å²) in [6.45, 7) is 4.79. The molecule has 0 spiro atoms. The molecule has 1 fully saturated rings. The third kappa shape index (κ3) is 2.27. The first kappa shape index (κ1) is 10.8. The third-order valence-corrected chi connectivity index (χ3v) is 3.67. The zero-order chi connectivity index (χ0) is 10.8. The van der Waals surface area contributed by atoms with Crippen molar-refractivity contribution >= 4 is 17.3 Å². The standard InChI is InChI=1S/C11H15NO2S/c1-3-11-8-12(15(13)14-11)10-6-4-5-9(2)7-10/h4-7,11H,3,8H2,1-2H3/t11-,15?/m1/s1. The molecule has 0 aliphatic carbocycles. The minimum Gasteiger partial charge on any atom is -0.560 e. The highest BCUT2D eigenvalue weighted by Crippen LogP contribution is 2.27. The van der Waals surface area contributed by atoms with Crippen molar-refractivity contribution in [3.05, 3.63) is 29.8 Å². The Labute approximate surface area is 93.6 Å². The van der Waals surface area contributed by atoms with E-state index in [1.165, 1.54) is 5.56 Å². The summed E-state index contributed by atoms with van der Waals surface area (Å²) in [4.78, 5) is 0. The van der Waals surface area contributed by atoms with E-state index in [0.717, 1.165) is 12.1 Å². The van der Waals surface area contributed by atoms with E-state index in [1.807, 2.05) is 38.1 Å². The molecule has 1 aliphatic heterocycles. The van der Waals surface area contributed by atoms with E-state index < -0.39 is 11.6 Å². The van der Waals surface area contributed by atoms with Crippen molar-refractivity contribution in [3.8, 4) is 0 Å². The lowest BCUT2D eigenvalue weighted by atomic mass is 10.2. The molecule has 0 N–H and O–H groups in total. The van der Waals surface area contributed by atoms with Crippen LogP contribution in [0.15, 0.2) is 24.3 Å². The van der Waals surface area contributed by atoms with Gasteiger partial charge in [-0.1, -0.05) is 19.1 Å². The molecule has 2 atom stereocenters. The summed E-state index contributed by atoms with van der Waals surface area (Å²) in [7, 11) is 0. The van der Waals surface area contributed by atoms with Gasteiger partial charge in [0, 0.05) is 0 Å². The van der Waals surface area contributed by atoms with Crippen LogP contribution in [0.5, 0.6) is 0 Å². The maximum Gasteiger partial charge on any atom is 0.246 e. The average molecular weight is 225 g/mol. The number of hydrogen-bond donors (Lipinski definition) is 0. The molecule has 3 nitrogen and oxygen atoms in total. The quantitative estimate of drug-likeness (QED) is 0.724. The molecule has 1 heterocycles. The topological polar surface area (TPSA) is 35.5 Å². The summed E-state index contributed by atoms with van der Waals surface area (Å²) in [5.41, 5.74) is 2.15. The van der Waals surface area contributed by atoms with Crippen molar-refractivity contribution in [3.63, 3.8) is 0 Å². The SMILES string of the molecule is CC[C@@H]1CN(c2cccc(C)c2)[S+]([O-])O1. The van der Waals surface area contributed by atoms with Crippen LogP contribution < -0.4 is 4.31 Å². The molecular formula is C11H15NO2S. The summed E-state index contributed by atoms with van der Waals surface area (Å²) >= 11 is -1.32. The largest absolute Gasteiger partial charge is 0.560 e. The van der Waals surface area contributed by atoms with E-state index in [4.69, 9.17) is 4.18 Å². The third-order valence-electron chi connectivity index (χ3n) is 2.51. The van der Waals surface area contributed by atoms with Gasteiger partial charge in [0.15, 0.2) is 0 Å². The first-order valence-electron chi connectivity index (χ1n) is 5.14. The molecule has 0 radical (unpaired) electrons. The van der Waals surface area contributed by atoms with Crippen molar-refractivity contribution in [2.24, 2.45) is 0 Å². The first-order chi connectivity index (χ1) is 7.20. The van der Waals surface area contributed by atoms with Crippen LogP contribution in [-0.4, -0.2) is 17.2 Å². The van der Waals surface area contributed by atoms with Gasteiger partial charge >= 0.3 is 0 Å². The lowest BCUT2D eigenvalue weighted by Gasteiger charge is -2.14. The maximum absolute atomic E-state index is 11.7. The van der Waals surface area contributed by atoms with Crippen LogP contribution in [0.2, 0.25) is 0 Å². The Morgan fingerprint density at radius 3 is 3.00 bits per heavy atom. The van der Waals surface area contributed by atoms with E-state index in [2.05, 4.69) is 0 Å². The van der Waals surface area contributed by atoms with Gasteiger partial charge in [-0.05, 0) is 31.0 Å². The molecule has 0 amide bonds. The lowest BCUT2D eigenvalue weighted by Crippen LogP contribution is -2.25. The van der Waals surface area contributed by atoms with E-state index >= 15 is 0 Å². The van der Waals surface area contributed by atoms with Gasteiger partial charge in [0.1, 0.15) is 12.6 Å². The Balaban J connectivity index is 2.17. The summed E-state index contributed by atoms with van der Waals surface area (Å²) in [6.07, 6.45) is 0.986. The number of nitrogens with zero attached hydrogens (tertiary/aromatic N) is 1. The van der Waals surface area contributed by atoms with Crippen LogP contribution in [0.25, 0.3) is 0 Å². The molecular weight excluding hydrogens is 210 g/mol. The summed E-state index contributed by atoms with van der Waals surface area (Å²) in [5.74, 6) is 0. The molecule has 1 unspecified atom stereocenters. The highest BCUT2D eigenvalue weighted by Gasteiger charge is 2.36. The van der Waals surface area contributed by atoms with Crippen LogP contribution in [0, 0.1) is 6.92 Å². The van der Waals surface area contributed by atoms with Crippen molar-refractivity contribution in [2.75, 3.05) is 10.8 Å². The molecule has 2 rings (SSSR count). The molecule has 82 valence electrons. The van der Waals surface area contributed by atoms with Crippen molar-refractivity contribution in [2.45, 2.75) is 26.4 Å². The highest BCUT2D eigenvalue weighted by atomic mass is 32.2. The monoisotopic (exact) mass is 225 g/mol. The molecule has 1 aromatic carbocycles. The Kier molecular flexibility index (Phi) is 3.19. The van der Waals surface area contributed by atoms with Crippen LogP contribution in [0.4, 0.5) is 5.69 Å². The molecule has 0 bridgehead atoms. The summed E-state index contributed by atoms with van der Waals surface area (Å²) < 4.78 is 18.8. The van der Waals surface area contributed by atoms with E-state index in [-0.39, 0.29) is 6.10 Å². The van der Waals surface area contributed by atoms with Crippen LogP contribution >= 0.6 is 0 Å². The lowest BCUT2D eigenvalue weighted by molar-refractivity contribution is 0.243. The molecule has 15 heavy (non-hydrogen) atoms. The zero-order valence-corrected chi connectivity index (χ0v) is 9.79. The fourth-order valence-electron chi connectivity index (χ4n) is 1.62. The minimum atomic E-state index is -1.32. The molecule has 0 saturated carbocycles. The molecule has 0 aromatic heterocycles. The number of hydrogen-bond acceptors (Lipinski definition) is 3. The maximum atomic E-state index is 11.7. The van der Waals surface area contributed by atoms with E-state index in [1.54, 1.807) is 4.31 Å². The first-order valence-corrected chi connectivity index (χ1v) is 6.17. The zero-order valence-electron chi connectivity index (χ0n) is 8.97. The minimum absolute atomic E-state index is 0.0892. The number of anilines is 1. The number of rotatable bonds is 2. The summed E-state index contributed by atoms with van der Waals surface area (Å²) in [6, 6.07) is 7.99. The Morgan fingerprint density at radius 1 is 1.60 bits per heavy atom. The average Bonchev–Trinajstić information content (AvgIpc) is 2.60. The molecule has 4 heteroatoms. The number of aryl methyl sites for hydroxylation is 1. The fraction of sp³-hybridized carbons (Fsp3) is 0.455. The normalized spacial score (nSPS) is 25.9. The smallest absolute Gasteiger partial charge is 0.246 e. The van der Waals surface area contributed by atoms with Gasteiger partial charge in [0.25, 0.3) is 0 Å². The summed E-state index contributed by atoms with van der Waals surface area (Å²) in [5, 5.41) is 0. The van der Waals surface area contributed by atoms with E-state index in [0.29, 0.717) is 6.54 Å². The molecule has 1 saturated heterocycles. The van der Waals surface area contributed by atoms with Gasteiger partial charge in [-0.2, -0.15) is 4.31 Å². The Morgan fingerprint density at radius 2 is 2.40 bits per heavy atom. The second kappa shape index (κ2) is 4.43. The van der Waals surface area contributed by atoms with Gasteiger partial charge in [0.05, 0.1) is 5.69 Å². The van der Waals surface area contributed by atoms with Crippen molar-refractivity contribution in [1.82, 2.24) is 0 Å². The van der Waals surface area contributed by atoms with Crippen molar-refractivity contribution < 1.29 is 8.74 Å². The second-order valence-electron chi connectivity index (χ2n) is 3.74. The van der Waals surface area contributed by atoms with E-state index in [9.17, 15) is 4.55 Å². The van der Waals surface area contributed by atoms with Gasteiger partial charge in [-0.15, -0.1) is 4.18 Å². The van der Waals surface area contributed by atoms with Gasteiger partial charge in [0.2, 0.25) is 11.6 Å².